The first kappa shape index (κ1) is 30.3. The summed E-state index contributed by atoms with van der Waals surface area (Å²) < 4.78 is 65.9. The molecule has 6 heteroatoms. The number of aromatic hydroxyl groups is 1. The van der Waals surface area contributed by atoms with Crippen LogP contribution in [0.15, 0.2) is 24.3 Å². The van der Waals surface area contributed by atoms with Crippen molar-refractivity contribution in [3.8, 4) is 11.5 Å². The molecular formula is C32H44F4O2. The number of phenolic OH excluding ortho intramolecular Hbond substituents is 1. The van der Waals surface area contributed by atoms with Crippen LogP contribution in [0.4, 0.5) is 17.6 Å². The highest BCUT2D eigenvalue weighted by Crippen LogP contribution is 2.45. The number of phenols is 1. The molecule has 0 heterocycles. The summed E-state index contributed by atoms with van der Waals surface area (Å²) in [5.41, 5.74) is -1.29. The van der Waals surface area contributed by atoms with Crippen LogP contribution in [0.25, 0.3) is 0 Å². The number of alkyl halides is 2. The summed E-state index contributed by atoms with van der Waals surface area (Å²) in [5, 5.41) is 10.8. The molecule has 0 amide bonds. The van der Waals surface area contributed by atoms with Gasteiger partial charge in [0, 0.05) is 11.1 Å². The first-order chi connectivity index (χ1) is 17.5. The highest BCUT2D eigenvalue weighted by molar-refractivity contribution is 5.52. The van der Waals surface area contributed by atoms with Crippen LogP contribution >= 0.6 is 0 Å². The zero-order valence-corrected chi connectivity index (χ0v) is 24.0. The van der Waals surface area contributed by atoms with E-state index in [-0.39, 0.29) is 17.4 Å². The van der Waals surface area contributed by atoms with Crippen LogP contribution in [-0.2, 0) is 16.9 Å². The van der Waals surface area contributed by atoms with Gasteiger partial charge in [-0.2, -0.15) is 8.78 Å². The minimum absolute atomic E-state index is 0.00228. The molecule has 2 aromatic rings. The Balaban J connectivity index is 1.86. The van der Waals surface area contributed by atoms with Crippen molar-refractivity contribution in [1.29, 1.82) is 0 Å². The van der Waals surface area contributed by atoms with Gasteiger partial charge in [0.15, 0.2) is 0 Å². The summed E-state index contributed by atoms with van der Waals surface area (Å²) in [6.07, 6.45) is 4.12. The van der Waals surface area contributed by atoms with Crippen LogP contribution in [-0.4, -0.2) is 5.11 Å². The molecule has 0 unspecified atom stereocenters. The van der Waals surface area contributed by atoms with Crippen LogP contribution in [0.3, 0.4) is 0 Å². The van der Waals surface area contributed by atoms with Crippen LogP contribution in [0.2, 0.25) is 0 Å². The quantitative estimate of drug-likeness (QED) is 0.269. The van der Waals surface area contributed by atoms with Gasteiger partial charge in [0.05, 0.1) is 0 Å². The van der Waals surface area contributed by atoms with Crippen molar-refractivity contribution in [3.05, 3.63) is 58.2 Å². The highest BCUT2D eigenvalue weighted by Gasteiger charge is 2.42. The summed E-state index contributed by atoms with van der Waals surface area (Å²) in [6, 6.07) is 4.74. The van der Waals surface area contributed by atoms with Crippen molar-refractivity contribution in [2.75, 3.05) is 0 Å². The molecule has 212 valence electrons. The van der Waals surface area contributed by atoms with E-state index < -0.39 is 34.1 Å². The van der Waals surface area contributed by atoms with E-state index in [0.717, 1.165) is 37.8 Å². The van der Waals surface area contributed by atoms with Gasteiger partial charge < -0.3 is 9.84 Å². The minimum Gasteiger partial charge on any atom is -0.507 e. The SMILES string of the molecule is CCCCCC1CCC(c2cc(F)c(C(F)(F)Oc3cc(C(C)(C)C)c(O)c(C(C)(C)C)c3)c(F)c2)CC1. The summed E-state index contributed by atoms with van der Waals surface area (Å²) in [5.74, 6) is -2.27. The van der Waals surface area contributed by atoms with Gasteiger partial charge in [-0.15, -0.1) is 0 Å². The number of benzene rings is 2. The van der Waals surface area contributed by atoms with Crippen molar-refractivity contribution < 1.29 is 27.4 Å². The monoisotopic (exact) mass is 536 g/mol. The van der Waals surface area contributed by atoms with Crippen molar-refractivity contribution >= 4 is 0 Å². The van der Waals surface area contributed by atoms with Crippen LogP contribution in [0.5, 0.6) is 11.5 Å². The zero-order chi connectivity index (χ0) is 28.5. The topological polar surface area (TPSA) is 29.5 Å². The van der Waals surface area contributed by atoms with E-state index in [1.54, 1.807) is 0 Å². The number of rotatable bonds is 8. The van der Waals surface area contributed by atoms with Crippen molar-refractivity contribution in [2.24, 2.45) is 5.92 Å². The van der Waals surface area contributed by atoms with Gasteiger partial charge in [-0.1, -0.05) is 74.1 Å². The fraction of sp³-hybridized carbons (Fsp3) is 0.625. The minimum atomic E-state index is -4.25. The summed E-state index contributed by atoms with van der Waals surface area (Å²) >= 11 is 0. The molecule has 0 radical (unpaired) electrons. The molecule has 3 rings (SSSR count). The Hall–Kier alpha value is -2.24. The first-order valence-electron chi connectivity index (χ1n) is 14.0. The van der Waals surface area contributed by atoms with E-state index >= 15 is 17.6 Å². The number of hydrogen-bond acceptors (Lipinski definition) is 2. The van der Waals surface area contributed by atoms with E-state index in [1.165, 1.54) is 37.8 Å². The van der Waals surface area contributed by atoms with E-state index in [9.17, 15) is 5.11 Å². The molecule has 2 nitrogen and oxygen atoms in total. The van der Waals surface area contributed by atoms with Gasteiger partial charge in [0.1, 0.15) is 28.7 Å². The van der Waals surface area contributed by atoms with Gasteiger partial charge >= 0.3 is 6.11 Å². The molecule has 1 aliphatic carbocycles. The Labute approximate surface area is 225 Å². The number of unbranched alkanes of at least 4 members (excludes halogenated alkanes) is 2. The molecule has 0 saturated heterocycles. The molecule has 2 aromatic carbocycles. The van der Waals surface area contributed by atoms with Gasteiger partial charge in [-0.05, 0) is 78.2 Å². The predicted molar refractivity (Wildman–Crippen MR) is 145 cm³/mol. The zero-order valence-electron chi connectivity index (χ0n) is 24.0. The number of halogens is 4. The second kappa shape index (κ2) is 11.5. The molecule has 1 fully saturated rings. The molecule has 1 N–H and O–H groups in total. The first-order valence-corrected chi connectivity index (χ1v) is 14.0. The van der Waals surface area contributed by atoms with E-state index in [1.807, 2.05) is 41.5 Å². The molecule has 0 atom stereocenters. The fourth-order valence-corrected chi connectivity index (χ4v) is 5.58. The maximum atomic E-state index is 15.3. The molecule has 1 aliphatic rings. The van der Waals surface area contributed by atoms with E-state index in [4.69, 9.17) is 4.74 Å². The van der Waals surface area contributed by atoms with Crippen molar-refractivity contribution in [3.63, 3.8) is 0 Å². The van der Waals surface area contributed by atoms with Crippen LogP contribution in [0, 0.1) is 17.6 Å². The maximum Gasteiger partial charge on any atom is 0.432 e. The lowest BCUT2D eigenvalue weighted by Gasteiger charge is -2.30. The van der Waals surface area contributed by atoms with Gasteiger partial charge in [0.25, 0.3) is 0 Å². The molecule has 0 aromatic heterocycles. The lowest BCUT2D eigenvalue weighted by molar-refractivity contribution is -0.189. The lowest BCUT2D eigenvalue weighted by Crippen LogP contribution is -2.26. The van der Waals surface area contributed by atoms with Gasteiger partial charge in [-0.3, -0.25) is 0 Å². The summed E-state index contributed by atoms with van der Waals surface area (Å²) in [6.45, 7) is 13.2. The molecular weight excluding hydrogens is 492 g/mol. The highest BCUT2D eigenvalue weighted by atomic mass is 19.3. The Morgan fingerprint density at radius 2 is 1.32 bits per heavy atom. The maximum absolute atomic E-state index is 15.3. The smallest absolute Gasteiger partial charge is 0.432 e. The average Bonchev–Trinajstić information content (AvgIpc) is 2.78. The van der Waals surface area contributed by atoms with Gasteiger partial charge in [0.2, 0.25) is 0 Å². The van der Waals surface area contributed by atoms with Crippen LogP contribution < -0.4 is 4.74 Å². The third-order valence-corrected chi connectivity index (χ3v) is 7.84. The molecule has 0 bridgehead atoms. The second-order valence-corrected chi connectivity index (χ2v) is 13.1. The Bertz CT molecular complexity index is 1050. The van der Waals surface area contributed by atoms with E-state index in [2.05, 4.69) is 6.92 Å². The van der Waals surface area contributed by atoms with Crippen molar-refractivity contribution in [1.82, 2.24) is 0 Å². The second-order valence-electron chi connectivity index (χ2n) is 13.1. The third kappa shape index (κ3) is 7.04. The average molecular weight is 537 g/mol. The Kier molecular flexibility index (Phi) is 9.15. The molecule has 1 saturated carbocycles. The Morgan fingerprint density at radius 3 is 1.76 bits per heavy atom. The fourth-order valence-electron chi connectivity index (χ4n) is 5.58. The molecule has 0 spiro atoms. The molecule has 0 aliphatic heterocycles. The van der Waals surface area contributed by atoms with Crippen LogP contribution in [0.1, 0.15) is 128 Å². The van der Waals surface area contributed by atoms with E-state index in [0.29, 0.717) is 22.6 Å². The predicted octanol–water partition coefficient (Wildman–Crippen LogP) is 10.2. The summed E-state index contributed by atoms with van der Waals surface area (Å²) in [7, 11) is 0. The lowest BCUT2D eigenvalue weighted by atomic mass is 9.77. The number of ether oxygens (including phenoxy) is 1. The summed E-state index contributed by atoms with van der Waals surface area (Å²) in [4.78, 5) is 0. The Morgan fingerprint density at radius 1 is 0.816 bits per heavy atom. The number of hydrogen-bond donors (Lipinski definition) is 1. The standard InChI is InChI=1S/C32H44F4O2/c1-8-9-10-11-20-12-14-21(15-13-20)22-16-26(33)28(27(34)17-22)32(35,36)38-23-18-24(30(2,3)4)29(37)25(19-23)31(5,6)7/h16-21,37H,8-15H2,1-7H3. The third-order valence-electron chi connectivity index (χ3n) is 7.84. The molecule has 38 heavy (non-hydrogen) atoms. The largest absolute Gasteiger partial charge is 0.507 e. The van der Waals surface area contributed by atoms with Crippen molar-refractivity contribution in [2.45, 2.75) is 123 Å². The normalized spacial score (nSPS) is 19.0. The van der Waals surface area contributed by atoms with Gasteiger partial charge in [-0.25, -0.2) is 8.78 Å².